The SMILES string of the molecule is C=C([C@H](N)Cc1ccc(Cl)cc1)N1CCN(c2ncnc3c2[C@@H](C)OC3)CC1. The predicted molar refractivity (Wildman–Crippen MR) is 111 cm³/mol. The molecule has 7 heteroatoms. The lowest BCUT2D eigenvalue weighted by Gasteiger charge is -2.39. The van der Waals surface area contributed by atoms with Gasteiger partial charge in [0.2, 0.25) is 0 Å². The van der Waals surface area contributed by atoms with Crippen LogP contribution in [0.1, 0.15) is 29.8 Å². The minimum absolute atomic E-state index is 0.0481. The molecule has 28 heavy (non-hydrogen) atoms. The molecular weight excluding hydrogens is 374 g/mol. The Labute approximate surface area is 171 Å². The molecule has 6 nitrogen and oxygen atoms in total. The normalized spacial score (nSPS) is 20.2. The number of aromatic nitrogens is 2. The van der Waals surface area contributed by atoms with Crippen molar-refractivity contribution in [3.63, 3.8) is 0 Å². The highest BCUT2D eigenvalue weighted by Gasteiger charge is 2.29. The fraction of sp³-hybridized carbons (Fsp3) is 0.429. The van der Waals surface area contributed by atoms with Crippen molar-refractivity contribution in [1.82, 2.24) is 14.9 Å². The Kier molecular flexibility index (Phi) is 5.53. The van der Waals surface area contributed by atoms with Gasteiger partial charge < -0.3 is 20.3 Å². The summed E-state index contributed by atoms with van der Waals surface area (Å²) in [5.74, 6) is 1.01. The zero-order valence-electron chi connectivity index (χ0n) is 16.1. The summed E-state index contributed by atoms with van der Waals surface area (Å²) in [5, 5.41) is 0.739. The van der Waals surface area contributed by atoms with Crippen molar-refractivity contribution in [1.29, 1.82) is 0 Å². The molecule has 0 radical (unpaired) electrons. The minimum atomic E-state index is -0.107. The molecule has 3 heterocycles. The van der Waals surface area contributed by atoms with Crippen molar-refractivity contribution >= 4 is 17.4 Å². The Balaban J connectivity index is 1.37. The van der Waals surface area contributed by atoms with E-state index in [9.17, 15) is 0 Å². The van der Waals surface area contributed by atoms with E-state index >= 15 is 0 Å². The summed E-state index contributed by atoms with van der Waals surface area (Å²) in [7, 11) is 0. The van der Waals surface area contributed by atoms with Gasteiger partial charge in [-0.3, -0.25) is 0 Å². The Bertz CT molecular complexity index is 848. The minimum Gasteiger partial charge on any atom is -0.370 e. The predicted octanol–water partition coefficient (Wildman–Crippen LogP) is 2.93. The third-order valence-electron chi connectivity index (χ3n) is 5.60. The highest BCUT2D eigenvalue weighted by molar-refractivity contribution is 6.30. The summed E-state index contributed by atoms with van der Waals surface area (Å²) < 4.78 is 5.73. The molecule has 0 bridgehead atoms. The van der Waals surface area contributed by atoms with Gasteiger partial charge in [0.15, 0.2) is 0 Å². The lowest BCUT2D eigenvalue weighted by Crippen LogP contribution is -2.49. The van der Waals surface area contributed by atoms with E-state index in [0.717, 1.165) is 60.4 Å². The number of hydrogen-bond donors (Lipinski definition) is 1. The molecule has 0 aliphatic carbocycles. The molecule has 4 rings (SSSR count). The van der Waals surface area contributed by atoms with Crippen LogP contribution in [0.2, 0.25) is 5.02 Å². The Morgan fingerprint density at radius 3 is 2.68 bits per heavy atom. The second-order valence-corrected chi connectivity index (χ2v) is 7.85. The van der Waals surface area contributed by atoms with Gasteiger partial charge in [0.25, 0.3) is 0 Å². The molecule has 2 aliphatic heterocycles. The molecule has 0 spiro atoms. The molecule has 0 unspecified atom stereocenters. The number of ether oxygens (including phenoxy) is 1. The van der Waals surface area contributed by atoms with Gasteiger partial charge in [0, 0.05) is 48.5 Å². The number of rotatable bonds is 5. The van der Waals surface area contributed by atoms with Crippen molar-refractivity contribution in [2.45, 2.75) is 32.1 Å². The number of halogens is 1. The zero-order chi connectivity index (χ0) is 19.7. The molecule has 2 N–H and O–H groups in total. The smallest absolute Gasteiger partial charge is 0.138 e. The number of piperazine rings is 1. The van der Waals surface area contributed by atoms with Crippen LogP contribution in [0.15, 0.2) is 42.9 Å². The molecule has 1 fully saturated rings. The topological polar surface area (TPSA) is 67.5 Å². The van der Waals surface area contributed by atoms with Crippen LogP contribution in [0, 0.1) is 0 Å². The van der Waals surface area contributed by atoms with E-state index in [0.29, 0.717) is 6.61 Å². The third-order valence-corrected chi connectivity index (χ3v) is 5.86. The maximum Gasteiger partial charge on any atom is 0.138 e. The first kappa shape index (κ1) is 19.2. The number of fused-ring (bicyclic) bond motifs is 1. The van der Waals surface area contributed by atoms with Gasteiger partial charge in [-0.25, -0.2) is 9.97 Å². The second kappa shape index (κ2) is 8.07. The van der Waals surface area contributed by atoms with Gasteiger partial charge in [-0.2, -0.15) is 0 Å². The largest absolute Gasteiger partial charge is 0.370 e. The Hall–Kier alpha value is -2.15. The Morgan fingerprint density at radius 1 is 1.25 bits per heavy atom. The van der Waals surface area contributed by atoms with Crippen LogP contribution in [0.4, 0.5) is 5.82 Å². The first-order valence-corrected chi connectivity index (χ1v) is 10.0. The maximum absolute atomic E-state index is 6.43. The van der Waals surface area contributed by atoms with Crippen LogP contribution >= 0.6 is 11.6 Å². The molecule has 1 aromatic carbocycles. The fourth-order valence-electron chi connectivity index (χ4n) is 3.92. The van der Waals surface area contributed by atoms with Crippen LogP contribution in [0.25, 0.3) is 0 Å². The van der Waals surface area contributed by atoms with E-state index in [2.05, 4.69) is 33.3 Å². The highest BCUT2D eigenvalue weighted by atomic mass is 35.5. The quantitative estimate of drug-likeness (QED) is 0.833. The second-order valence-electron chi connectivity index (χ2n) is 7.41. The highest BCUT2D eigenvalue weighted by Crippen LogP contribution is 2.35. The molecule has 0 saturated carbocycles. The van der Waals surface area contributed by atoms with Crippen molar-refractivity contribution in [3.05, 3.63) is 64.7 Å². The van der Waals surface area contributed by atoms with E-state index < -0.39 is 0 Å². The van der Waals surface area contributed by atoms with E-state index in [4.69, 9.17) is 22.1 Å². The average molecular weight is 400 g/mol. The van der Waals surface area contributed by atoms with E-state index in [1.165, 1.54) is 5.56 Å². The summed E-state index contributed by atoms with van der Waals surface area (Å²) in [6, 6.07) is 7.73. The summed E-state index contributed by atoms with van der Waals surface area (Å²) in [6.07, 6.45) is 2.44. The fourth-order valence-corrected chi connectivity index (χ4v) is 4.05. The Morgan fingerprint density at radius 2 is 1.96 bits per heavy atom. The van der Waals surface area contributed by atoms with Gasteiger partial charge in [-0.1, -0.05) is 30.3 Å². The maximum atomic E-state index is 6.43. The summed E-state index contributed by atoms with van der Waals surface area (Å²) in [4.78, 5) is 13.5. The number of anilines is 1. The van der Waals surface area contributed by atoms with Crippen molar-refractivity contribution in [3.8, 4) is 0 Å². The lowest BCUT2D eigenvalue weighted by molar-refractivity contribution is 0.0787. The molecule has 2 aliphatic rings. The lowest BCUT2D eigenvalue weighted by atomic mass is 10.0. The van der Waals surface area contributed by atoms with Gasteiger partial charge in [-0.05, 0) is 31.0 Å². The molecule has 2 atom stereocenters. The van der Waals surface area contributed by atoms with E-state index in [1.807, 2.05) is 24.3 Å². The summed E-state index contributed by atoms with van der Waals surface area (Å²) in [5.41, 5.74) is 10.7. The molecule has 1 saturated heterocycles. The van der Waals surface area contributed by atoms with Crippen molar-refractivity contribution < 1.29 is 4.74 Å². The molecule has 1 aromatic heterocycles. The van der Waals surface area contributed by atoms with Crippen LogP contribution < -0.4 is 10.6 Å². The van der Waals surface area contributed by atoms with E-state index in [1.54, 1.807) is 6.33 Å². The summed E-state index contributed by atoms with van der Waals surface area (Å²) >= 11 is 5.96. The molecule has 2 aromatic rings. The van der Waals surface area contributed by atoms with Gasteiger partial charge in [-0.15, -0.1) is 0 Å². The van der Waals surface area contributed by atoms with Gasteiger partial charge in [0.1, 0.15) is 12.1 Å². The first-order valence-electron chi connectivity index (χ1n) is 9.67. The number of benzene rings is 1. The van der Waals surface area contributed by atoms with Gasteiger partial charge in [0.05, 0.1) is 18.4 Å². The van der Waals surface area contributed by atoms with Crippen LogP contribution in [0.5, 0.6) is 0 Å². The van der Waals surface area contributed by atoms with Gasteiger partial charge >= 0.3 is 0 Å². The molecule has 148 valence electrons. The molecule has 0 amide bonds. The van der Waals surface area contributed by atoms with Crippen molar-refractivity contribution in [2.75, 3.05) is 31.1 Å². The van der Waals surface area contributed by atoms with Crippen molar-refractivity contribution in [2.24, 2.45) is 5.73 Å². The third kappa shape index (κ3) is 3.85. The standard InChI is InChI=1S/C21H26ClN5O/c1-14(18(23)11-16-3-5-17(22)6-4-16)26-7-9-27(10-8-26)21-20-15(2)28-12-19(20)24-13-25-21/h3-6,13,15,18H,1,7-12,23H2,2H3/t15-,18-/m1/s1. The van der Waals surface area contributed by atoms with Crippen LogP contribution in [0.3, 0.4) is 0 Å². The zero-order valence-corrected chi connectivity index (χ0v) is 16.9. The van der Waals surface area contributed by atoms with E-state index in [-0.39, 0.29) is 12.1 Å². The van der Waals surface area contributed by atoms with Crippen LogP contribution in [-0.2, 0) is 17.8 Å². The number of hydrogen-bond acceptors (Lipinski definition) is 6. The summed E-state index contributed by atoms with van der Waals surface area (Å²) in [6.45, 7) is 10.4. The average Bonchev–Trinajstić information content (AvgIpc) is 3.10. The monoisotopic (exact) mass is 399 g/mol. The van der Waals surface area contributed by atoms with Crippen LogP contribution in [-0.4, -0.2) is 47.1 Å². The first-order chi connectivity index (χ1) is 13.5. The number of nitrogens with zero attached hydrogens (tertiary/aromatic N) is 4. The molecular formula is C21H26ClN5O. The number of nitrogens with two attached hydrogens (primary N) is 1.